The van der Waals surface area contributed by atoms with Crippen LogP contribution >= 0.6 is 0 Å². The van der Waals surface area contributed by atoms with Crippen LogP contribution in [0.2, 0.25) is 0 Å². The number of nitrogens with zero attached hydrogens (tertiary/aromatic N) is 3. The number of amides is 1. The molecule has 2 aliphatic rings. The van der Waals surface area contributed by atoms with E-state index in [9.17, 15) is 4.79 Å². The maximum absolute atomic E-state index is 12.7. The number of hydrogen-bond acceptors (Lipinski definition) is 4. The largest absolute Gasteiger partial charge is 0.477 e. The Balaban J connectivity index is 1.44. The third kappa shape index (κ3) is 2.78. The van der Waals surface area contributed by atoms with Crippen molar-refractivity contribution < 1.29 is 14.3 Å². The number of ether oxygens (including phenoxy) is 2. The molecule has 0 N–H and O–H groups in total. The number of aromatic nitrogens is 2. The zero-order valence-corrected chi connectivity index (χ0v) is 13.8. The Hall–Kier alpha value is -2.34. The summed E-state index contributed by atoms with van der Waals surface area (Å²) >= 11 is 0. The van der Waals surface area contributed by atoms with Crippen LogP contribution in [0.4, 0.5) is 0 Å². The quantitative estimate of drug-likeness (QED) is 0.864. The molecule has 6 heteroatoms. The first-order chi connectivity index (χ1) is 11.7. The summed E-state index contributed by atoms with van der Waals surface area (Å²) in [7, 11) is 1.80. The number of aryl methyl sites for hydroxylation is 1. The highest BCUT2D eigenvalue weighted by molar-refractivity contribution is 5.96. The summed E-state index contributed by atoms with van der Waals surface area (Å²) in [6.07, 6.45) is 3.38. The van der Waals surface area contributed by atoms with E-state index in [1.165, 1.54) is 11.1 Å². The normalized spacial score (nSPS) is 19.1. The Morgan fingerprint density at radius 3 is 3.08 bits per heavy atom. The van der Waals surface area contributed by atoms with Gasteiger partial charge in [0, 0.05) is 33.0 Å². The van der Waals surface area contributed by atoms with Gasteiger partial charge in [-0.25, -0.2) is 4.68 Å². The van der Waals surface area contributed by atoms with Gasteiger partial charge in [0.2, 0.25) is 5.88 Å². The van der Waals surface area contributed by atoms with Crippen molar-refractivity contribution in [3.63, 3.8) is 0 Å². The number of carbonyl (C=O) groups excluding carboxylic acids is 1. The molecule has 4 rings (SSSR count). The number of likely N-dealkylation sites (N-methyl/N-ethyl adjacent to an activating group) is 1. The number of hydrogen-bond donors (Lipinski definition) is 0. The highest BCUT2D eigenvalue weighted by Gasteiger charge is 2.27. The molecule has 0 spiro atoms. The van der Waals surface area contributed by atoms with Crippen molar-refractivity contribution in [3.05, 3.63) is 47.2 Å². The second-order valence-electron chi connectivity index (χ2n) is 6.38. The first-order valence-electron chi connectivity index (χ1n) is 8.35. The molecule has 6 nitrogen and oxygen atoms in total. The molecule has 0 bridgehead atoms. The highest BCUT2D eigenvalue weighted by atomic mass is 16.5. The first kappa shape index (κ1) is 15.2. The molecule has 0 fully saturated rings. The third-order valence-corrected chi connectivity index (χ3v) is 4.64. The molecule has 0 saturated heterocycles. The topological polar surface area (TPSA) is 56.6 Å². The average molecular weight is 327 g/mol. The van der Waals surface area contributed by atoms with Gasteiger partial charge >= 0.3 is 0 Å². The zero-order chi connectivity index (χ0) is 16.5. The fourth-order valence-corrected chi connectivity index (χ4v) is 3.34. The number of rotatable bonds is 3. The van der Waals surface area contributed by atoms with Crippen LogP contribution < -0.4 is 4.74 Å². The minimum absolute atomic E-state index is 0.0150. The molecular weight excluding hydrogens is 306 g/mol. The lowest BCUT2D eigenvalue weighted by atomic mass is 9.99. The van der Waals surface area contributed by atoms with Gasteiger partial charge in [-0.05, 0) is 11.1 Å². The molecule has 2 aromatic rings. The van der Waals surface area contributed by atoms with Gasteiger partial charge in [-0.3, -0.25) is 4.79 Å². The Kier molecular flexibility index (Phi) is 3.98. The van der Waals surface area contributed by atoms with Gasteiger partial charge in [-0.15, -0.1) is 0 Å². The third-order valence-electron chi connectivity index (χ3n) is 4.64. The highest BCUT2D eigenvalue weighted by Crippen LogP contribution is 2.25. The summed E-state index contributed by atoms with van der Waals surface area (Å²) in [6.45, 7) is 2.60. The van der Waals surface area contributed by atoms with Crippen LogP contribution in [0, 0.1) is 0 Å². The van der Waals surface area contributed by atoms with E-state index >= 15 is 0 Å². The van der Waals surface area contributed by atoms with Gasteiger partial charge < -0.3 is 14.4 Å². The lowest BCUT2D eigenvalue weighted by Gasteiger charge is -2.29. The van der Waals surface area contributed by atoms with Crippen LogP contribution in [-0.2, 0) is 24.3 Å². The summed E-state index contributed by atoms with van der Waals surface area (Å²) in [5.74, 6) is 0.522. The van der Waals surface area contributed by atoms with Crippen molar-refractivity contribution in [1.29, 1.82) is 0 Å². The summed E-state index contributed by atoms with van der Waals surface area (Å²) in [6, 6.07) is 8.31. The molecule has 1 aromatic carbocycles. The summed E-state index contributed by atoms with van der Waals surface area (Å²) in [5.41, 5.74) is 3.08. The fraction of sp³-hybridized carbons (Fsp3) is 0.444. The standard InChI is InChI=1S/C18H21N3O3/c1-20(11-15-9-13-5-2-3-6-14(13)12-24-15)17(22)16-10-19-21-7-4-8-23-18(16)21/h2-3,5-6,10,15H,4,7-9,11-12H2,1H3/t15-/m1/s1. The Bertz CT molecular complexity index is 756. The van der Waals surface area contributed by atoms with E-state index in [0.29, 0.717) is 31.2 Å². The van der Waals surface area contributed by atoms with E-state index in [-0.39, 0.29) is 12.0 Å². The van der Waals surface area contributed by atoms with Crippen molar-refractivity contribution in [3.8, 4) is 5.88 Å². The van der Waals surface area contributed by atoms with Crippen molar-refractivity contribution in [1.82, 2.24) is 14.7 Å². The monoisotopic (exact) mass is 327 g/mol. The number of carbonyl (C=O) groups is 1. The van der Waals surface area contributed by atoms with Crippen LogP contribution in [0.1, 0.15) is 27.9 Å². The molecule has 0 unspecified atom stereocenters. The zero-order valence-electron chi connectivity index (χ0n) is 13.8. The molecule has 3 heterocycles. The predicted octanol–water partition coefficient (Wildman–Crippen LogP) is 1.88. The Morgan fingerprint density at radius 1 is 1.38 bits per heavy atom. The van der Waals surface area contributed by atoms with E-state index < -0.39 is 0 Å². The fourth-order valence-electron chi connectivity index (χ4n) is 3.34. The van der Waals surface area contributed by atoms with Gasteiger partial charge in [0.05, 0.1) is 25.5 Å². The van der Waals surface area contributed by atoms with Gasteiger partial charge in [0.1, 0.15) is 5.56 Å². The first-order valence-corrected chi connectivity index (χ1v) is 8.35. The molecule has 0 aliphatic carbocycles. The molecule has 1 atom stereocenters. The van der Waals surface area contributed by atoms with E-state index in [2.05, 4.69) is 17.2 Å². The van der Waals surface area contributed by atoms with Crippen LogP contribution in [0.15, 0.2) is 30.5 Å². The van der Waals surface area contributed by atoms with E-state index in [1.54, 1.807) is 22.8 Å². The lowest BCUT2D eigenvalue weighted by Crippen LogP contribution is -2.38. The molecular formula is C18H21N3O3. The van der Waals surface area contributed by atoms with Crippen molar-refractivity contribution >= 4 is 5.91 Å². The van der Waals surface area contributed by atoms with Crippen LogP contribution in [0.3, 0.4) is 0 Å². The average Bonchev–Trinajstić information content (AvgIpc) is 3.05. The SMILES string of the molecule is CN(C[C@H]1Cc2ccccc2CO1)C(=O)c1cnn2c1OCCC2. The van der Waals surface area contributed by atoms with Gasteiger partial charge in [0.25, 0.3) is 5.91 Å². The van der Waals surface area contributed by atoms with E-state index in [4.69, 9.17) is 9.47 Å². The van der Waals surface area contributed by atoms with Crippen molar-refractivity contribution in [2.24, 2.45) is 0 Å². The van der Waals surface area contributed by atoms with Crippen molar-refractivity contribution in [2.75, 3.05) is 20.2 Å². The molecule has 1 amide bonds. The van der Waals surface area contributed by atoms with Gasteiger partial charge in [-0.1, -0.05) is 24.3 Å². The molecule has 0 saturated carbocycles. The van der Waals surface area contributed by atoms with E-state index in [1.807, 2.05) is 12.1 Å². The molecule has 0 radical (unpaired) electrons. The van der Waals surface area contributed by atoms with Crippen molar-refractivity contribution in [2.45, 2.75) is 32.1 Å². The van der Waals surface area contributed by atoms with Crippen LogP contribution in [0.5, 0.6) is 5.88 Å². The Labute approximate surface area is 141 Å². The molecule has 2 aliphatic heterocycles. The smallest absolute Gasteiger partial charge is 0.260 e. The summed E-state index contributed by atoms with van der Waals surface area (Å²) in [4.78, 5) is 14.4. The van der Waals surface area contributed by atoms with Crippen LogP contribution in [0.25, 0.3) is 0 Å². The second kappa shape index (κ2) is 6.28. The second-order valence-corrected chi connectivity index (χ2v) is 6.38. The number of benzene rings is 1. The molecule has 24 heavy (non-hydrogen) atoms. The maximum atomic E-state index is 12.7. The lowest BCUT2D eigenvalue weighted by molar-refractivity contribution is 0.00974. The predicted molar refractivity (Wildman–Crippen MR) is 88.0 cm³/mol. The Morgan fingerprint density at radius 2 is 2.21 bits per heavy atom. The summed E-state index contributed by atoms with van der Waals surface area (Å²) < 4.78 is 13.3. The number of fused-ring (bicyclic) bond motifs is 2. The van der Waals surface area contributed by atoms with Crippen LogP contribution in [-0.4, -0.2) is 46.9 Å². The van der Waals surface area contributed by atoms with E-state index in [0.717, 1.165) is 19.4 Å². The van der Waals surface area contributed by atoms with Gasteiger partial charge in [-0.2, -0.15) is 5.10 Å². The minimum atomic E-state index is -0.0689. The summed E-state index contributed by atoms with van der Waals surface area (Å²) in [5, 5.41) is 4.25. The minimum Gasteiger partial charge on any atom is -0.477 e. The molecule has 1 aromatic heterocycles. The molecule has 126 valence electrons. The van der Waals surface area contributed by atoms with Gasteiger partial charge in [0.15, 0.2) is 0 Å². The maximum Gasteiger partial charge on any atom is 0.260 e.